The summed E-state index contributed by atoms with van der Waals surface area (Å²) in [6.07, 6.45) is -0.877. The number of hydrogen-bond acceptors (Lipinski definition) is 5. The molecule has 0 aliphatic carbocycles. The molecule has 1 atom stereocenters. The molecule has 27 heavy (non-hydrogen) atoms. The number of rotatable bonds is 2. The smallest absolute Gasteiger partial charge is 0.283 e. The molecule has 0 radical (unpaired) electrons. The Labute approximate surface area is 157 Å². The van der Waals surface area contributed by atoms with Crippen LogP contribution in [0, 0.1) is 12.7 Å². The number of benzene rings is 2. The molecule has 1 aliphatic rings. The second-order valence-corrected chi connectivity index (χ2v) is 7.06. The number of carbonyl (C=O) groups excluding carboxylic acids is 2. The Morgan fingerprint density at radius 3 is 2.74 bits per heavy atom. The first-order valence-corrected chi connectivity index (χ1v) is 9.02. The van der Waals surface area contributed by atoms with Crippen LogP contribution in [0.3, 0.4) is 0 Å². The van der Waals surface area contributed by atoms with Gasteiger partial charge in [0.25, 0.3) is 11.8 Å². The third kappa shape index (κ3) is 3.31. The Kier molecular flexibility index (Phi) is 4.41. The first kappa shape index (κ1) is 17.3. The van der Waals surface area contributed by atoms with E-state index in [0.717, 1.165) is 4.70 Å². The minimum absolute atomic E-state index is 0.0416. The summed E-state index contributed by atoms with van der Waals surface area (Å²) in [6.45, 7) is 1.78. The van der Waals surface area contributed by atoms with Crippen LogP contribution >= 0.6 is 11.3 Å². The number of hydrogen-bond donors (Lipinski definition) is 2. The number of ether oxygens (including phenoxy) is 2. The number of carbonyl (C=O) groups is 2. The Morgan fingerprint density at radius 1 is 1.15 bits per heavy atom. The van der Waals surface area contributed by atoms with Gasteiger partial charge in [0.1, 0.15) is 12.4 Å². The molecule has 0 bridgehead atoms. The van der Waals surface area contributed by atoms with Crippen LogP contribution in [0.1, 0.15) is 15.2 Å². The molecule has 0 saturated heterocycles. The number of halogens is 1. The molecule has 1 aromatic heterocycles. The Balaban J connectivity index is 1.42. The number of nitrogens with one attached hydrogen (secondary N) is 2. The lowest BCUT2D eigenvalue weighted by atomic mass is 10.1. The summed E-state index contributed by atoms with van der Waals surface area (Å²) in [5, 5.41) is 0.678. The van der Waals surface area contributed by atoms with Crippen molar-refractivity contribution in [2.45, 2.75) is 13.0 Å². The summed E-state index contributed by atoms with van der Waals surface area (Å²) in [7, 11) is 0. The topological polar surface area (TPSA) is 76.7 Å². The maximum absolute atomic E-state index is 13.4. The summed E-state index contributed by atoms with van der Waals surface area (Å²) in [4.78, 5) is 25.1. The lowest BCUT2D eigenvalue weighted by Gasteiger charge is -2.25. The molecule has 2 heterocycles. The number of fused-ring (bicyclic) bond motifs is 2. The predicted octanol–water partition coefficient (Wildman–Crippen LogP) is 2.95. The highest BCUT2D eigenvalue weighted by molar-refractivity contribution is 7.21. The van der Waals surface area contributed by atoms with E-state index in [9.17, 15) is 14.0 Å². The summed E-state index contributed by atoms with van der Waals surface area (Å²) < 4.78 is 25.3. The molecule has 8 heteroatoms. The van der Waals surface area contributed by atoms with Gasteiger partial charge >= 0.3 is 0 Å². The van der Waals surface area contributed by atoms with E-state index >= 15 is 0 Å². The van der Waals surface area contributed by atoms with E-state index in [0.29, 0.717) is 27.3 Å². The van der Waals surface area contributed by atoms with Crippen molar-refractivity contribution >= 4 is 33.2 Å². The van der Waals surface area contributed by atoms with Crippen LogP contribution in [-0.2, 0) is 4.79 Å². The van der Waals surface area contributed by atoms with Gasteiger partial charge in [0.15, 0.2) is 11.5 Å². The quantitative estimate of drug-likeness (QED) is 0.664. The summed E-state index contributed by atoms with van der Waals surface area (Å²) in [5.41, 5.74) is 5.39. The van der Waals surface area contributed by atoms with Crippen molar-refractivity contribution in [2.24, 2.45) is 0 Å². The van der Waals surface area contributed by atoms with E-state index in [1.807, 2.05) is 6.07 Å². The largest absolute Gasteiger partial charge is 0.485 e. The average molecular weight is 386 g/mol. The zero-order valence-electron chi connectivity index (χ0n) is 14.2. The minimum Gasteiger partial charge on any atom is -0.485 e. The molecular formula is C19H15FN2O4S. The molecule has 2 aromatic carbocycles. The lowest BCUT2D eigenvalue weighted by Crippen LogP contribution is -2.50. The minimum atomic E-state index is -0.877. The van der Waals surface area contributed by atoms with Crippen LogP contribution in [0.2, 0.25) is 0 Å². The summed E-state index contributed by atoms with van der Waals surface area (Å²) in [5.74, 6) is -0.322. The molecule has 138 valence electrons. The van der Waals surface area contributed by atoms with E-state index in [4.69, 9.17) is 9.47 Å². The molecule has 4 rings (SSSR count). The van der Waals surface area contributed by atoms with Gasteiger partial charge in [-0.25, -0.2) is 4.39 Å². The van der Waals surface area contributed by atoms with Crippen LogP contribution in [0.5, 0.6) is 11.5 Å². The Morgan fingerprint density at radius 2 is 1.93 bits per heavy atom. The van der Waals surface area contributed by atoms with Crippen LogP contribution < -0.4 is 20.3 Å². The SMILES string of the molecule is Cc1c(C(=O)NNC(=O)C2COc3ccccc3O2)sc2ccc(F)cc12. The van der Waals surface area contributed by atoms with Crippen molar-refractivity contribution in [3.8, 4) is 11.5 Å². The van der Waals surface area contributed by atoms with E-state index in [2.05, 4.69) is 10.9 Å². The van der Waals surface area contributed by atoms with Crippen LogP contribution in [0.4, 0.5) is 4.39 Å². The molecule has 2 N–H and O–H groups in total. The zero-order valence-corrected chi connectivity index (χ0v) is 15.1. The van der Waals surface area contributed by atoms with Crippen molar-refractivity contribution in [3.63, 3.8) is 0 Å². The second kappa shape index (κ2) is 6.88. The Hall–Kier alpha value is -3.13. The molecule has 1 unspecified atom stereocenters. The van der Waals surface area contributed by atoms with Gasteiger partial charge < -0.3 is 9.47 Å². The summed E-state index contributed by atoms with van der Waals surface area (Å²) >= 11 is 1.23. The van der Waals surface area contributed by atoms with Crippen molar-refractivity contribution in [3.05, 3.63) is 58.7 Å². The number of thiophene rings is 1. The highest BCUT2D eigenvalue weighted by atomic mass is 32.1. The van der Waals surface area contributed by atoms with Gasteiger partial charge in [0, 0.05) is 4.70 Å². The van der Waals surface area contributed by atoms with Gasteiger partial charge in [-0.05, 0) is 48.2 Å². The van der Waals surface area contributed by atoms with Crippen LogP contribution in [0.25, 0.3) is 10.1 Å². The maximum atomic E-state index is 13.4. The van der Waals surface area contributed by atoms with Crippen LogP contribution in [0.15, 0.2) is 42.5 Å². The predicted molar refractivity (Wildman–Crippen MR) is 98.5 cm³/mol. The first-order chi connectivity index (χ1) is 13.0. The molecule has 2 amide bonds. The van der Waals surface area contributed by atoms with E-state index in [1.165, 1.54) is 23.5 Å². The maximum Gasteiger partial charge on any atom is 0.283 e. The van der Waals surface area contributed by atoms with Crippen molar-refractivity contribution < 1.29 is 23.5 Å². The molecule has 3 aromatic rings. The highest BCUT2D eigenvalue weighted by Crippen LogP contribution is 2.32. The fourth-order valence-corrected chi connectivity index (χ4v) is 3.90. The molecule has 0 spiro atoms. The van der Waals surface area contributed by atoms with Crippen LogP contribution in [-0.4, -0.2) is 24.5 Å². The van der Waals surface area contributed by atoms with E-state index in [-0.39, 0.29) is 12.4 Å². The first-order valence-electron chi connectivity index (χ1n) is 8.20. The molecule has 0 fully saturated rings. The van der Waals surface area contributed by atoms with Crippen molar-refractivity contribution in [1.82, 2.24) is 10.9 Å². The zero-order chi connectivity index (χ0) is 19.0. The normalized spacial score (nSPS) is 15.4. The van der Waals surface area contributed by atoms with Gasteiger partial charge in [0.2, 0.25) is 6.10 Å². The summed E-state index contributed by atoms with van der Waals surface area (Å²) in [6, 6.07) is 11.4. The van der Waals surface area contributed by atoms with Gasteiger partial charge in [0.05, 0.1) is 4.88 Å². The molecule has 0 saturated carbocycles. The third-order valence-corrected chi connectivity index (χ3v) is 5.48. The fraction of sp³-hybridized carbons (Fsp3) is 0.158. The van der Waals surface area contributed by atoms with Gasteiger partial charge in [-0.3, -0.25) is 20.4 Å². The van der Waals surface area contributed by atoms with E-state index < -0.39 is 17.9 Å². The van der Waals surface area contributed by atoms with Crippen molar-refractivity contribution in [2.75, 3.05) is 6.61 Å². The number of aryl methyl sites for hydroxylation is 1. The van der Waals surface area contributed by atoms with Crippen molar-refractivity contribution in [1.29, 1.82) is 0 Å². The monoisotopic (exact) mass is 386 g/mol. The average Bonchev–Trinajstić information content (AvgIpc) is 3.01. The molecule has 6 nitrogen and oxygen atoms in total. The standard InChI is InChI=1S/C19H15FN2O4S/c1-10-12-8-11(20)6-7-16(12)27-17(10)19(24)22-21-18(23)15-9-25-13-4-2-3-5-14(13)26-15/h2-8,15H,9H2,1H3,(H,21,23)(H,22,24). The highest BCUT2D eigenvalue weighted by Gasteiger charge is 2.28. The van der Waals surface area contributed by atoms with Gasteiger partial charge in [-0.2, -0.15) is 0 Å². The third-order valence-electron chi connectivity index (χ3n) is 4.20. The number of para-hydroxylation sites is 2. The van der Waals surface area contributed by atoms with Gasteiger partial charge in [-0.15, -0.1) is 11.3 Å². The van der Waals surface area contributed by atoms with E-state index in [1.54, 1.807) is 31.2 Å². The molecular weight excluding hydrogens is 371 g/mol. The lowest BCUT2D eigenvalue weighted by molar-refractivity contribution is -0.131. The van der Waals surface area contributed by atoms with Gasteiger partial charge in [-0.1, -0.05) is 12.1 Å². The Bertz CT molecular complexity index is 1050. The molecule has 1 aliphatic heterocycles. The second-order valence-electron chi connectivity index (χ2n) is 6.00. The number of hydrazine groups is 1. The number of amides is 2. The fourth-order valence-electron chi connectivity index (χ4n) is 2.81.